The lowest BCUT2D eigenvalue weighted by Gasteiger charge is -2.15. The first-order valence-electron chi connectivity index (χ1n) is 11.0. The van der Waals surface area contributed by atoms with E-state index in [0.717, 1.165) is 28.7 Å². The van der Waals surface area contributed by atoms with E-state index in [1.54, 1.807) is 13.2 Å². The van der Waals surface area contributed by atoms with Gasteiger partial charge in [-0.05, 0) is 53.8 Å². The van der Waals surface area contributed by atoms with E-state index in [1.165, 1.54) is 4.57 Å². The molecule has 0 saturated heterocycles. The topological polar surface area (TPSA) is 72.4 Å². The van der Waals surface area contributed by atoms with E-state index in [2.05, 4.69) is 10.6 Å². The Balaban J connectivity index is 1.68. The van der Waals surface area contributed by atoms with Gasteiger partial charge in [0.2, 0.25) is 5.91 Å². The summed E-state index contributed by atoms with van der Waals surface area (Å²) in [6.45, 7) is 2.29. The molecule has 4 aromatic rings. The molecular weight excluding hydrogens is 414 g/mol. The number of para-hydroxylation sites is 2. The van der Waals surface area contributed by atoms with Crippen molar-refractivity contribution in [1.29, 1.82) is 0 Å². The van der Waals surface area contributed by atoms with Crippen LogP contribution in [-0.4, -0.2) is 17.6 Å². The van der Waals surface area contributed by atoms with Crippen LogP contribution in [0.4, 0.5) is 11.4 Å². The number of hydrogen-bond donors (Lipinski definition) is 2. The Bertz CT molecular complexity index is 1330. The third-order valence-corrected chi connectivity index (χ3v) is 5.61. The van der Waals surface area contributed by atoms with Crippen molar-refractivity contribution in [3.63, 3.8) is 0 Å². The van der Waals surface area contributed by atoms with Crippen LogP contribution in [0.15, 0.2) is 83.7 Å². The third kappa shape index (κ3) is 5.06. The molecule has 0 fully saturated rings. The molecule has 3 aromatic carbocycles. The monoisotopic (exact) mass is 441 g/mol. The van der Waals surface area contributed by atoms with E-state index in [1.807, 2.05) is 79.7 Å². The number of carbonyl (C=O) groups is 1. The molecule has 1 heterocycles. The molecule has 168 valence electrons. The Morgan fingerprint density at radius 2 is 1.70 bits per heavy atom. The van der Waals surface area contributed by atoms with Gasteiger partial charge in [0.15, 0.2) is 0 Å². The van der Waals surface area contributed by atoms with E-state index in [0.29, 0.717) is 23.4 Å². The van der Waals surface area contributed by atoms with E-state index < -0.39 is 0 Å². The number of anilines is 2. The molecule has 2 N–H and O–H groups in total. The Morgan fingerprint density at radius 1 is 0.939 bits per heavy atom. The van der Waals surface area contributed by atoms with Crippen LogP contribution in [0.3, 0.4) is 0 Å². The average Bonchev–Trinajstić information content (AvgIpc) is 2.85. The second-order valence-corrected chi connectivity index (χ2v) is 7.76. The number of aryl methyl sites for hydroxylation is 1. The first-order chi connectivity index (χ1) is 16.1. The second-order valence-electron chi connectivity index (χ2n) is 7.76. The molecule has 0 radical (unpaired) electrons. The minimum atomic E-state index is -0.254. The highest BCUT2D eigenvalue weighted by molar-refractivity contribution is 5.92. The average molecular weight is 442 g/mol. The van der Waals surface area contributed by atoms with Crippen LogP contribution in [-0.2, 0) is 24.3 Å². The van der Waals surface area contributed by atoms with Crippen LogP contribution in [0.2, 0.25) is 0 Å². The van der Waals surface area contributed by atoms with Gasteiger partial charge >= 0.3 is 0 Å². The summed E-state index contributed by atoms with van der Waals surface area (Å²) in [5.41, 5.74) is 3.76. The van der Waals surface area contributed by atoms with Gasteiger partial charge in [0.25, 0.3) is 5.56 Å². The predicted octanol–water partition coefficient (Wildman–Crippen LogP) is 4.82. The first kappa shape index (κ1) is 22.1. The Morgan fingerprint density at radius 3 is 2.45 bits per heavy atom. The van der Waals surface area contributed by atoms with Gasteiger partial charge in [-0.25, -0.2) is 0 Å². The number of amides is 1. The fraction of sp³-hybridized carbons (Fsp3) is 0.185. The van der Waals surface area contributed by atoms with Gasteiger partial charge in [0.1, 0.15) is 12.3 Å². The largest absolute Gasteiger partial charge is 0.497 e. The summed E-state index contributed by atoms with van der Waals surface area (Å²) in [6.07, 6.45) is 0.803. The number of benzene rings is 3. The highest BCUT2D eigenvalue weighted by Gasteiger charge is 2.14. The van der Waals surface area contributed by atoms with Crippen molar-refractivity contribution in [2.75, 3.05) is 17.7 Å². The maximum Gasteiger partial charge on any atom is 0.256 e. The van der Waals surface area contributed by atoms with Crippen molar-refractivity contribution in [3.05, 3.63) is 100 Å². The SMILES string of the molecule is CCc1ccccc1NC(=O)Cn1c(=O)c(CNc2ccccc2)cc2ccc(OC)cc21. The van der Waals surface area contributed by atoms with E-state index in [9.17, 15) is 9.59 Å². The van der Waals surface area contributed by atoms with Gasteiger partial charge < -0.3 is 15.4 Å². The molecule has 4 rings (SSSR count). The van der Waals surface area contributed by atoms with Gasteiger partial charge in [-0.1, -0.05) is 43.3 Å². The number of fused-ring (bicyclic) bond motifs is 1. The Hall–Kier alpha value is -4.06. The fourth-order valence-electron chi connectivity index (χ4n) is 3.86. The molecule has 1 amide bonds. The summed E-state index contributed by atoms with van der Waals surface area (Å²) in [5, 5.41) is 7.11. The zero-order valence-corrected chi connectivity index (χ0v) is 18.8. The molecule has 0 aliphatic carbocycles. The molecule has 0 saturated carbocycles. The van der Waals surface area contributed by atoms with Crippen molar-refractivity contribution in [2.24, 2.45) is 0 Å². The summed E-state index contributed by atoms with van der Waals surface area (Å²) in [6, 6.07) is 24.8. The molecule has 0 bridgehead atoms. The number of hydrogen-bond acceptors (Lipinski definition) is 4. The summed E-state index contributed by atoms with van der Waals surface area (Å²) in [5.74, 6) is 0.373. The first-order valence-corrected chi connectivity index (χ1v) is 11.0. The molecule has 6 heteroatoms. The fourth-order valence-corrected chi connectivity index (χ4v) is 3.86. The second kappa shape index (κ2) is 10.0. The minimum absolute atomic E-state index is 0.0975. The van der Waals surface area contributed by atoms with Crippen molar-refractivity contribution >= 4 is 28.2 Å². The van der Waals surface area contributed by atoms with Crippen LogP contribution in [0.25, 0.3) is 10.9 Å². The normalized spacial score (nSPS) is 10.7. The lowest BCUT2D eigenvalue weighted by Crippen LogP contribution is -2.31. The minimum Gasteiger partial charge on any atom is -0.497 e. The number of rotatable bonds is 8. The molecule has 0 aliphatic heterocycles. The highest BCUT2D eigenvalue weighted by atomic mass is 16.5. The van der Waals surface area contributed by atoms with Crippen molar-refractivity contribution < 1.29 is 9.53 Å². The molecule has 6 nitrogen and oxygen atoms in total. The summed E-state index contributed by atoms with van der Waals surface area (Å²) >= 11 is 0. The van der Waals surface area contributed by atoms with Gasteiger partial charge in [-0.3, -0.25) is 14.2 Å². The third-order valence-electron chi connectivity index (χ3n) is 5.61. The predicted molar refractivity (Wildman–Crippen MR) is 133 cm³/mol. The van der Waals surface area contributed by atoms with E-state index in [-0.39, 0.29) is 18.0 Å². The number of nitrogens with one attached hydrogen (secondary N) is 2. The zero-order chi connectivity index (χ0) is 23.2. The Kier molecular flexibility index (Phi) is 6.74. The molecule has 0 spiro atoms. The molecule has 0 unspecified atom stereocenters. The zero-order valence-electron chi connectivity index (χ0n) is 18.8. The summed E-state index contributed by atoms with van der Waals surface area (Å²) in [4.78, 5) is 26.4. The maximum absolute atomic E-state index is 13.4. The van der Waals surface area contributed by atoms with Gasteiger partial charge in [-0.2, -0.15) is 0 Å². The van der Waals surface area contributed by atoms with Crippen molar-refractivity contribution in [1.82, 2.24) is 4.57 Å². The van der Waals surface area contributed by atoms with Crippen LogP contribution >= 0.6 is 0 Å². The molecule has 33 heavy (non-hydrogen) atoms. The van der Waals surface area contributed by atoms with Gasteiger partial charge in [-0.15, -0.1) is 0 Å². The van der Waals surface area contributed by atoms with Crippen LogP contribution in [0.5, 0.6) is 5.75 Å². The van der Waals surface area contributed by atoms with Gasteiger partial charge in [0.05, 0.1) is 12.6 Å². The summed E-state index contributed by atoms with van der Waals surface area (Å²) < 4.78 is 6.87. The van der Waals surface area contributed by atoms with Crippen molar-refractivity contribution in [2.45, 2.75) is 26.4 Å². The number of ether oxygens (including phenoxy) is 1. The van der Waals surface area contributed by atoms with E-state index in [4.69, 9.17) is 4.74 Å². The summed E-state index contributed by atoms with van der Waals surface area (Å²) in [7, 11) is 1.58. The smallest absolute Gasteiger partial charge is 0.256 e. The lowest BCUT2D eigenvalue weighted by molar-refractivity contribution is -0.116. The number of methoxy groups -OCH3 is 1. The molecular formula is C27H27N3O3. The quantitative estimate of drug-likeness (QED) is 0.411. The number of carbonyl (C=O) groups excluding carboxylic acids is 1. The maximum atomic E-state index is 13.4. The molecule has 1 aromatic heterocycles. The van der Waals surface area contributed by atoms with Crippen molar-refractivity contribution in [3.8, 4) is 5.75 Å². The number of nitrogens with zero attached hydrogens (tertiary/aromatic N) is 1. The molecule has 0 atom stereocenters. The van der Waals surface area contributed by atoms with Crippen LogP contribution in [0.1, 0.15) is 18.1 Å². The van der Waals surface area contributed by atoms with Gasteiger partial charge in [0, 0.05) is 29.5 Å². The standard InChI is InChI=1S/C27H27N3O3/c1-3-19-9-7-8-12-24(19)29-26(31)18-30-25-16-23(33-2)14-13-20(25)15-21(27(30)32)17-28-22-10-5-4-6-11-22/h4-16,28H,3,17-18H2,1-2H3,(H,29,31). The lowest BCUT2D eigenvalue weighted by atomic mass is 10.1. The Labute approximate surface area is 192 Å². The van der Waals surface area contributed by atoms with Crippen LogP contribution in [0, 0.1) is 0 Å². The number of pyridine rings is 1. The molecule has 0 aliphatic rings. The highest BCUT2D eigenvalue weighted by Crippen LogP contribution is 2.22. The van der Waals surface area contributed by atoms with Crippen LogP contribution < -0.4 is 20.9 Å². The number of aromatic nitrogens is 1. The van der Waals surface area contributed by atoms with E-state index >= 15 is 0 Å².